The van der Waals surface area contributed by atoms with Crippen LogP contribution in [0.2, 0.25) is 15.1 Å². The van der Waals surface area contributed by atoms with Crippen LogP contribution in [-0.2, 0) is 6.54 Å². The predicted octanol–water partition coefficient (Wildman–Crippen LogP) is 6.60. The van der Waals surface area contributed by atoms with E-state index in [1.807, 2.05) is 36.4 Å². The van der Waals surface area contributed by atoms with Crippen LogP contribution in [0.1, 0.15) is 11.4 Å². The zero-order valence-corrected chi connectivity index (χ0v) is 20.6. The lowest BCUT2D eigenvalue weighted by molar-refractivity contribution is 0.711. The summed E-state index contributed by atoms with van der Waals surface area (Å²) in [6.45, 7) is 2.16. The Morgan fingerprint density at radius 2 is 1.43 bits per heavy atom. The number of halogens is 3. The Labute approximate surface area is 214 Å². The molecule has 0 aliphatic carbocycles. The van der Waals surface area contributed by atoms with Crippen LogP contribution in [-0.4, -0.2) is 24.1 Å². The third-order valence-electron chi connectivity index (χ3n) is 5.91. The van der Waals surface area contributed by atoms with Crippen LogP contribution in [0.4, 0.5) is 0 Å². The predicted molar refractivity (Wildman–Crippen MR) is 141 cm³/mol. The maximum atomic E-state index is 13.9. The van der Waals surface area contributed by atoms with E-state index in [1.54, 1.807) is 46.4 Å². The molecule has 0 spiro atoms. The summed E-state index contributed by atoms with van der Waals surface area (Å²) in [7, 11) is 0. The minimum atomic E-state index is -0.205. The van der Waals surface area contributed by atoms with Gasteiger partial charge in [-0.1, -0.05) is 59.1 Å². The number of nitrogens with zero attached hydrogens (tertiary/aromatic N) is 5. The number of aryl methyl sites for hydroxylation is 1. The zero-order valence-electron chi connectivity index (χ0n) is 18.3. The molecule has 3 heterocycles. The molecule has 0 saturated heterocycles. The van der Waals surface area contributed by atoms with E-state index in [0.717, 1.165) is 5.56 Å². The number of hydrogen-bond acceptors (Lipinski definition) is 4. The monoisotopic (exact) mass is 519 g/mol. The van der Waals surface area contributed by atoms with Gasteiger partial charge >= 0.3 is 0 Å². The molecule has 172 valence electrons. The molecule has 9 heteroatoms. The van der Waals surface area contributed by atoms with Crippen molar-refractivity contribution in [2.24, 2.45) is 0 Å². The molecule has 0 N–H and O–H groups in total. The molecule has 0 saturated carbocycles. The van der Waals surface area contributed by atoms with Crippen LogP contribution in [0, 0.1) is 6.92 Å². The molecule has 6 aromatic rings. The second-order valence-electron chi connectivity index (χ2n) is 8.22. The summed E-state index contributed by atoms with van der Waals surface area (Å²) < 4.78 is 3.43. The molecule has 0 radical (unpaired) electrons. The standard InChI is InChI=1S/C26H16Cl3N5O/c1-14-30-24-22(26(35)33(14)13-15-6-8-16(27)9-7-15)23-25(32-21-5-3-2-4-20(21)31-23)34(24)19-11-17(28)10-18(29)12-19/h2-12H,13H2,1H3. The van der Waals surface area contributed by atoms with E-state index in [2.05, 4.69) is 0 Å². The maximum Gasteiger partial charge on any atom is 0.265 e. The van der Waals surface area contributed by atoms with Gasteiger partial charge in [-0.2, -0.15) is 0 Å². The average Bonchev–Trinajstić information content (AvgIpc) is 3.13. The summed E-state index contributed by atoms with van der Waals surface area (Å²) in [5.74, 6) is 0.555. The summed E-state index contributed by atoms with van der Waals surface area (Å²) in [5.41, 5.74) is 4.19. The minimum Gasteiger partial charge on any atom is -0.292 e. The van der Waals surface area contributed by atoms with Crippen molar-refractivity contribution in [1.29, 1.82) is 0 Å². The van der Waals surface area contributed by atoms with Gasteiger partial charge < -0.3 is 0 Å². The highest BCUT2D eigenvalue weighted by atomic mass is 35.5. The number of hydrogen-bond donors (Lipinski definition) is 0. The molecule has 3 aromatic carbocycles. The maximum absolute atomic E-state index is 13.9. The minimum absolute atomic E-state index is 0.205. The molecule has 0 atom stereocenters. The van der Waals surface area contributed by atoms with Gasteiger partial charge in [-0.05, 0) is 55.0 Å². The largest absolute Gasteiger partial charge is 0.292 e. The molecule has 0 aliphatic rings. The van der Waals surface area contributed by atoms with Crippen molar-refractivity contribution in [2.75, 3.05) is 0 Å². The second kappa shape index (κ2) is 8.34. The quantitative estimate of drug-likeness (QED) is 0.264. The summed E-state index contributed by atoms with van der Waals surface area (Å²) in [6.07, 6.45) is 0. The third-order valence-corrected chi connectivity index (χ3v) is 6.60. The first-order chi connectivity index (χ1) is 16.9. The molecule has 0 fully saturated rings. The Kier molecular flexibility index (Phi) is 5.25. The number of para-hydroxylation sites is 2. The van der Waals surface area contributed by atoms with Crippen molar-refractivity contribution < 1.29 is 0 Å². The van der Waals surface area contributed by atoms with Crippen LogP contribution in [0.15, 0.2) is 71.5 Å². The number of fused-ring (bicyclic) bond motifs is 4. The van der Waals surface area contributed by atoms with Gasteiger partial charge in [0, 0.05) is 15.1 Å². The molecule has 0 unspecified atom stereocenters. The smallest absolute Gasteiger partial charge is 0.265 e. The highest BCUT2D eigenvalue weighted by Gasteiger charge is 2.22. The van der Waals surface area contributed by atoms with E-state index >= 15 is 0 Å². The molecule has 0 aliphatic heterocycles. The van der Waals surface area contributed by atoms with Gasteiger partial charge in [0.25, 0.3) is 5.56 Å². The van der Waals surface area contributed by atoms with Gasteiger partial charge in [0.15, 0.2) is 11.3 Å². The van der Waals surface area contributed by atoms with Gasteiger partial charge in [-0.15, -0.1) is 0 Å². The van der Waals surface area contributed by atoms with Crippen molar-refractivity contribution in [1.82, 2.24) is 24.1 Å². The van der Waals surface area contributed by atoms with Crippen molar-refractivity contribution in [2.45, 2.75) is 13.5 Å². The molecule has 0 bridgehead atoms. The topological polar surface area (TPSA) is 65.6 Å². The fraction of sp³-hybridized carbons (Fsp3) is 0.0769. The van der Waals surface area contributed by atoms with E-state index in [-0.39, 0.29) is 5.56 Å². The zero-order chi connectivity index (χ0) is 24.3. The molecular formula is C26H16Cl3N5O. The Balaban J connectivity index is 1.72. The van der Waals surface area contributed by atoms with E-state index in [4.69, 9.17) is 49.8 Å². The molecule has 0 amide bonds. The van der Waals surface area contributed by atoms with Crippen LogP contribution in [0.25, 0.3) is 38.9 Å². The molecule has 6 rings (SSSR count). The first-order valence-electron chi connectivity index (χ1n) is 10.8. The highest BCUT2D eigenvalue weighted by Crippen LogP contribution is 2.31. The Morgan fingerprint density at radius 1 is 0.771 bits per heavy atom. The van der Waals surface area contributed by atoms with Crippen LogP contribution < -0.4 is 5.56 Å². The Morgan fingerprint density at radius 3 is 2.11 bits per heavy atom. The van der Waals surface area contributed by atoms with E-state index in [1.165, 1.54) is 0 Å². The average molecular weight is 521 g/mol. The summed E-state index contributed by atoms with van der Waals surface area (Å²) in [4.78, 5) is 28.4. The van der Waals surface area contributed by atoms with Crippen LogP contribution >= 0.6 is 34.8 Å². The second-order valence-corrected chi connectivity index (χ2v) is 9.53. The van der Waals surface area contributed by atoms with Gasteiger partial charge in [0.1, 0.15) is 16.7 Å². The number of benzene rings is 3. The first kappa shape index (κ1) is 22.0. The van der Waals surface area contributed by atoms with Crippen molar-refractivity contribution in [3.05, 3.63) is 104 Å². The van der Waals surface area contributed by atoms with E-state index in [0.29, 0.717) is 66.4 Å². The third kappa shape index (κ3) is 3.74. The first-order valence-corrected chi connectivity index (χ1v) is 11.9. The highest BCUT2D eigenvalue weighted by molar-refractivity contribution is 6.35. The molecule has 6 nitrogen and oxygen atoms in total. The normalized spacial score (nSPS) is 11.7. The fourth-order valence-electron chi connectivity index (χ4n) is 4.30. The summed E-state index contributed by atoms with van der Waals surface area (Å²) in [6, 6.07) is 20.1. The molecule has 3 aromatic heterocycles. The van der Waals surface area contributed by atoms with Crippen LogP contribution in [0.3, 0.4) is 0 Å². The Hall–Kier alpha value is -3.45. The fourth-order valence-corrected chi connectivity index (χ4v) is 4.94. The van der Waals surface area contributed by atoms with E-state index in [9.17, 15) is 4.79 Å². The lowest BCUT2D eigenvalue weighted by Crippen LogP contribution is -2.24. The van der Waals surface area contributed by atoms with Gasteiger partial charge in [0.2, 0.25) is 0 Å². The summed E-state index contributed by atoms with van der Waals surface area (Å²) in [5, 5.41) is 1.94. The van der Waals surface area contributed by atoms with E-state index < -0.39 is 0 Å². The Bertz CT molecular complexity index is 1820. The van der Waals surface area contributed by atoms with Gasteiger partial charge in [-0.3, -0.25) is 13.9 Å². The number of aromatic nitrogens is 5. The molecular weight excluding hydrogens is 505 g/mol. The SMILES string of the molecule is Cc1nc2c(c(=O)n1Cc1ccc(Cl)cc1)c1nc3ccccc3nc1n2-c1cc(Cl)cc(Cl)c1. The molecule has 35 heavy (non-hydrogen) atoms. The number of rotatable bonds is 3. The van der Waals surface area contributed by atoms with Gasteiger partial charge in [-0.25, -0.2) is 15.0 Å². The lowest BCUT2D eigenvalue weighted by Gasteiger charge is -2.11. The summed E-state index contributed by atoms with van der Waals surface area (Å²) >= 11 is 18.7. The van der Waals surface area contributed by atoms with Crippen molar-refractivity contribution >= 4 is 68.0 Å². The van der Waals surface area contributed by atoms with Crippen molar-refractivity contribution in [3.8, 4) is 5.69 Å². The van der Waals surface area contributed by atoms with Gasteiger partial charge in [0.05, 0.1) is 23.3 Å². The van der Waals surface area contributed by atoms with Crippen LogP contribution in [0.5, 0.6) is 0 Å². The lowest BCUT2D eigenvalue weighted by atomic mass is 10.2. The van der Waals surface area contributed by atoms with Crippen molar-refractivity contribution in [3.63, 3.8) is 0 Å².